The maximum absolute atomic E-state index is 11.6. The summed E-state index contributed by atoms with van der Waals surface area (Å²) < 4.78 is 22.5. The van der Waals surface area contributed by atoms with Crippen LogP contribution in [0, 0.1) is 0 Å². The van der Waals surface area contributed by atoms with Gasteiger partial charge in [0.05, 0.1) is 4.75 Å². The number of rotatable bonds is 7. The quantitative estimate of drug-likeness (QED) is 0.836. The lowest BCUT2D eigenvalue weighted by Gasteiger charge is -2.25. The molecule has 1 atom stereocenters. The first-order valence-electron chi connectivity index (χ1n) is 6.69. The molecule has 3 nitrogen and oxygen atoms in total. The summed E-state index contributed by atoms with van der Waals surface area (Å²) >= 11 is 0. The van der Waals surface area contributed by atoms with Gasteiger partial charge < -0.3 is 5.32 Å². The molecule has 0 fully saturated rings. The number of benzene rings is 1. The SMILES string of the molecule is CC(CCc1ccccc1)NCC(C)(C)S(C)(=O)=O. The van der Waals surface area contributed by atoms with Gasteiger partial charge in [-0.3, -0.25) is 0 Å². The summed E-state index contributed by atoms with van der Waals surface area (Å²) in [5, 5.41) is 3.32. The Labute approximate surface area is 117 Å². The van der Waals surface area contributed by atoms with E-state index in [0.717, 1.165) is 12.8 Å². The fourth-order valence-electron chi connectivity index (χ4n) is 1.68. The second-order valence-electron chi connectivity index (χ2n) is 5.84. The van der Waals surface area contributed by atoms with Crippen LogP contribution < -0.4 is 5.32 Å². The summed E-state index contributed by atoms with van der Waals surface area (Å²) in [7, 11) is -3.03. The van der Waals surface area contributed by atoms with Gasteiger partial charge in [0.25, 0.3) is 0 Å². The van der Waals surface area contributed by atoms with Crippen molar-refractivity contribution in [2.24, 2.45) is 0 Å². The molecule has 1 unspecified atom stereocenters. The summed E-state index contributed by atoms with van der Waals surface area (Å²) in [5.74, 6) is 0. The molecule has 19 heavy (non-hydrogen) atoms. The first-order valence-corrected chi connectivity index (χ1v) is 8.58. The molecule has 0 aliphatic rings. The number of hydrogen-bond acceptors (Lipinski definition) is 3. The third kappa shape index (κ3) is 5.33. The molecule has 1 aromatic rings. The second-order valence-corrected chi connectivity index (χ2v) is 8.49. The molecule has 0 aliphatic carbocycles. The zero-order valence-corrected chi connectivity index (χ0v) is 13.1. The van der Waals surface area contributed by atoms with E-state index in [0.29, 0.717) is 12.6 Å². The smallest absolute Gasteiger partial charge is 0.153 e. The molecule has 0 saturated carbocycles. The lowest BCUT2D eigenvalue weighted by Crippen LogP contribution is -2.44. The molecule has 0 amide bonds. The zero-order chi connectivity index (χ0) is 14.5. The van der Waals surface area contributed by atoms with Crippen molar-refractivity contribution in [3.63, 3.8) is 0 Å². The molecule has 0 aromatic heterocycles. The average Bonchev–Trinajstić information content (AvgIpc) is 2.34. The highest BCUT2D eigenvalue weighted by molar-refractivity contribution is 7.92. The lowest BCUT2D eigenvalue weighted by molar-refractivity contribution is 0.463. The maximum atomic E-state index is 11.6. The highest BCUT2D eigenvalue weighted by Gasteiger charge is 2.29. The molecule has 4 heteroatoms. The van der Waals surface area contributed by atoms with Gasteiger partial charge in [-0.05, 0) is 39.2 Å². The molecule has 0 bridgehead atoms. The normalized spacial score (nSPS) is 14.3. The van der Waals surface area contributed by atoms with Crippen LogP contribution in [0.5, 0.6) is 0 Å². The molecule has 1 aromatic carbocycles. The first-order chi connectivity index (χ1) is 8.72. The molecule has 0 saturated heterocycles. The fourth-order valence-corrected chi connectivity index (χ4v) is 2.03. The van der Waals surface area contributed by atoms with Gasteiger partial charge in [0.1, 0.15) is 0 Å². The second kappa shape index (κ2) is 6.53. The molecule has 1 N–H and O–H groups in total. The Bertz CT molecular complexity index is 480. The zero-order valence-electron chi connectivity index (χ0n) is 12.3. The standard InChI is InChI=1S/C15H25NO2S/c1-13(10-11-14-8-6-5-7-9-14)16-12-15(2,3)19(4,17)18/h5-9,13,16H,10-12H2,1-4H3. The summed E-state index contributed by atoms with van der Waals surface area (Å²) in [6, 6.07) is 10.6. The summed E-state index contributed by atoms with van der Waals surface area (Å²) in [5.41, 5.74) is 1.32. The molecule has 0 heterocycles. The van der Waals surface area contributed by atoms with E-state index in [1.165, 1.54) is 11.8 Å². The molecular formula is C15H25NO2S. The maximum Gasteiger partial charge on any atom is 0.153 e. The molecule has 1 rings (SSSR count). The highest BCUT2D eigenvalue weighted by Crippen LogP contribution is 2.14. The summed E-state index contributed by atoms with van der Waals surface area (Å²) in [4.78, 5) is 0. The van der Waals surface area contributed by atoms with Gasteiger partial charge in [0.15, 0.2) is 9.84 Å². The number of nitrogens with one attached hydrogen (secondary N) is 1. The Morgan fingerprint density at radius 2 is 1.79 bits per heavy atom. The van der Waals surface area contributed by atoms with Crippen molar-refractivity contribution in [2.75, 3.05) is 12.8 Å². The van der Waals surface area contributed by atoms with Crippen molar-refractivity contribution < 1.29 is 8.42 Å². The van der Waals surface area contributed by atoms with E-state index in [-0.39, 0.29) is 0 Å². The largest absolute Gasteiger partial charge is 0.313 e. The molecule has 108 valence electrons. The monoisotopic (exact) mass is 283 g/mol. The van der Waals surface area contributed by atoms with Gasteiger partial charge in [-0.15, -0.1) is 0 Å². The Kier molecular flexibility index (Phi) is 5.56. The average molecular weight is 283 g/mol. The van der Waals surface area contributed by atoms with Crippen molar-refractivity contribution >= 4 is 9.84 Å². The van der Waals surface area contributed by atoms with Gasteiger partial charge >= 0.3 is 0 Å². The van der Waals surface area contributed by atoms with E-state index >= 15 is 0 Å². The predicted octanol–water partition coefficient (Wildman–Crippen LogP) is 2.42. The summed E-state index contributed by atoms with van der Waals surface area (Å²) in [6.07, 6.45) is 3.31. The highest BCUT2D eigenvalue weighted by atomic mass is 32.2. The van der Waals surface area contributed by atoms with Crippen LogP contribution in [0.25, 0.3) is 0 Å². The Morgan fingerprint density at radius 1 is 1.21 bits per heavy atom. The van der Waals surface area contributed by atoms with Gasteiger partial charge in [-0.1, -0.05) is 30.3 Å². The van der Waals surface area contributed by atoms with Crippen LogP contribution in [0.15, 0.2) is 30.3 Å². The van der Waals surface area contributed by atoms with Crippen LogP contribution in [0.2, 0.25) is 0 Å². The minimum Gasteiger partial charge on any atom is -0.313 e. The lowest BCUT2D eigenvalue weighted by atomic mass is 10.1. The van der Waals surface area contributed by atoms with Crippen molar-refractivity contribution in [3.05, 3.63) is 35.9 Å². The number of sulfone groups is 1. The minimum atomic E-state index is -3.03. The van der Waals surface area contributed by atoms with Crippen LogP contribution in [0.3, 0.4) is 0 Å². The van der Waals surface area contributed by atoms with Crippen LogP contribution >= 0.6 is 0 Å². The van der Waals surface area contributed by atoms with Crippen LogP contribution in [-0.2, 0) is 16.3 Å². The number of aryl methyl sites for hydroxylation is 1. The number of hydrogen-bond donors (Lipinski definition) is 1. The van der Waals surface area contributed by atoms with Crippen LogP contribution in [-0.4, -0.2) is 32.0 Å². The van der Waals surface area contributed by atoms with E-state index < -0.39 is 14.6 Å². The Hall–Kier alpha value is -0.870. The minimum absolute atomic E-state index is 0.307. The van der Waals surface area contributed by atoms with E-state index in [1.807, 2.05) is 18.2 Å². The van der Waals surface area contributed by atoms with Crippen LogP contribution in [0.1, 0.15) is 32.8 Å². The topological polar surface area (TPSA) is 46.2 Å². The van der Waals surface area contributed by atoms with Gasteiger partial charge in [-0.2, -0.15) is 0 Å². The molecule has 0 radical (unpaired) electrons. The van der Waals surface area contributed by atoms with Crippen molar-refractivity contribution in [1.29, 1.82) is 0 Å². The van der Waals surface area contributed by atoms with Crippen molar-refractivity contribution in [2.45, 2.75) is 44.4 Å². The Balaban J connectivity index is 2.39. The van der Waals surface area contributed by atoms with Crippen molar-refractivity contribution in [3.8, 4) is 0 Å². The Morgan fingerprint density at radius 3 is 2.32 bits per heavy atom. The third-order valence-corrected chi connectivity index (χ3v) is 5.74. The fraction of sp³-hybridized carbons (Fsp3) is 0.600. The third-order valence-electron chi connectivity index (χ3n) is 3.59. The van der Waals surface area contributed by atoms with E-state index in [2.05, 4.69) is 24.4 Å². The van der Waals surface area contributed by atoms with E-state index in [4.69, 9.17) is 0 Å². The molecule has 0 spiro atoms. The van der Waals surface area contributed by atoms with Gasteiger partial charge in [-0.25, -0.2) is 8.42 Å². The van der Waals surface area contributed by atoms with Crippen LogP contribution in [0.4, 0.5) is 0 Å². The molecule has 0 aliphatic heterocycles. The van der Waals surface area contributed by atoms with Crippen molar-refractivity contribution in [1.82, 2.24) is 5.32 Å². The first kappa shape index (κ1) is 16.2. The predicted molar refractivity (Wildman–Crippen MR) is 81.2 cm³/mol. The van der Waals surface area contributed by atoms with Gasteiger partial charge in [0, 0.05) is 18.8 Å². The molecular weight excluding hydrogens is 258 g/mol. The van der Waals surface area contributed by atoms with Gasteiger partial charge in [0.2, 0.25) is 0 Å². The summed E-state index contributed by atoms with van der Waals surface area (Å²) in [6.45, 7) is 6.11. The van der Waals surface area contributed by atoms with E-state index in [1.54, 1.807) is 13.8 Å². The van der Waals surface area contributed by atoms with E-state index in [9.17, 15) is 8.42 Å².